The van der Waals surface area contributed by atoms with Crippen molar-refractivity contribution in [1.82, 2.24) is 14.5 Å². The molecule has 1 N–H and O–H groups in total. The highest BCUT2D eigenvalue weighted by Crippen LogP contribution is 2.38. The topological polar surface area (TPSA) is 86.8 Å². The van der Waals surface area contributed by atoms with E-state index in [1.165, 1.54) is 29.2 Å². The predicted molar refractivity (Wildman–Crippen MR) is 185 cm³/mol. The van der Waals surface area contributed by atoms with Gasteiger partial charge in [0.25, 0.3) is 23.6 Å². The van der Waals surface area contributed by atoms with Gasteiger partial charge in [0.15, 0.2) is 0 Å². The number of carbonyl (C=O) groups is 4. The van der Waals surface area contributed by atoms with Gasteiger partial charge in [0.1, 0.15) is 23.3 Å². The third kappa shape index (κ3) is 7.31. The number of amides is 4. The Morgan fingerprint density at radius 2 is 1.24 bits per heavy atom. The smallest absolute Gasteiger partial charge is 0.262 e. The first-order chi connectivity index (χ1) is 24.4. The van der Waals surface area contributed by atoms with E-state index in [2.05, 4.69) is 4.72 Å². The Kier molecular flexibility index (Phi) is 9.88. The second kappa shape index (κ2) is 14.5. The summed E-state index contributed by atoms with van der Waals surface area (Å²) in [5.41, 5.74) is 1.23. The molecule has 5 aromatic rings. The maximum Gasteiger partial charge on any atom is 0.262 e. The second-order valence-electron chi connectivity index (χ2n) is 11.7. The van der Waals surface area contributed by atoms with Crippen LogP contribution in [-0.2, 0) is 16.1 Å². The van der Waals surface area contributed by atoms with E-state index in [4.69, 9.17) is 0 Å². The summed E-state index contributed by atoms with van der Waals surface area (Å²) in [6, 6.07) is 25.6. The molecule has 256 valence electrons. The fraction of sp³-hybridized carbons (Fsp3) is 0.0769. The van der Waals surface area contributed by atoms with Gasteiger partial charge in [-0.05, 0) is 89.3 Å². The average Bonchev–Trinajstić information content (AvgIpc) is 3.35. The number of nitrogens with one attached hydrogen (secondary N) is 1. The van der Waals surface area contributed by atoms with Gasteiger partial charge in [0, 0.05) is 53.4 Å². The molecule has 0 aliphatic carbocycles. The molecular weight excluding hydrogens is 683 g/mol. The number of carbonyl (C=O) groups excluding carboxylic acids is 4. The number of benzene rings is 5. The number of rotatable bonds is 9. The van der Waals surface area contributed by atoms with Crippen molar-refractivity contribution in [3.8, 4) is 11.1 Å². The molecule has 0 aromatic heterocycles. The first kappa shape index (κ1) is 34.8. The maximum atomic E-state index is 14.9. The minimum atomic E-state index is -1.14. The van der Waals surface area contributed by atoms with Crippen LogP contribution in [0.1, 0.15) is 37.4 Å². The summed E-state index contributed by atoms with van der Waals surface area (Å²) in [6.45, 7) is -0.314. The van der Waals surface area contributed by atoms with Crippen LogP contribution in [0.15, 0.2) is 114 Å². The summed E-state index contributed by atoms with van der Waals surface area (Å²) in [5, 5.41) is 0. The molecule has 12 heteroatoms. The molecule has 0 saturated heterocycles. The van der Waals surface area contributed by atoms with Crippen LogP contribution < -0.4 is 4.72 Å². The lowest BCUT2D eigenvalue weighted by Crippen LogP contribution is -2.31. The number of hydrogen-bond donors (Lipinski definition) is 1. The normalized spacial score (nSPS) is 12.8. The van der Waals surface area contributed by atoms with Crippen LogP contribution in [0.25, 0.3) is 22.3 Å². The molecule has 51 heavy (non-hydrogen) atoms. The van der Waals surface area contributed by atoms with E-state index < -0.39 is 63.3 Å². The van der Waals surface area contributed by atoms with Crippen LogP contribution in [-0.4, -0.2) is 47.5 Å². The predicted octanol–water partition coefficient (Wildman–Crippen LogP) is 7.53. The highest BCUT2D eigenvalue weighted by molar-refractivity contribution is 7.98. The van der Waals surface area contributed by atoms with Crippen molar-refractivity contribution in [1.29, 1.82) is 0 Å². The molecule has 0 atom stereocenters. The van der Waals surface area contributed by atoms with Gasteiger partial charge in [-0.3, -0.25) is 28.8 Å². The summed E-state index contributed by atoms with van der Waals surface area (Å²) in [6.07, 6.45) is 0. The van der Waals surface area contributed by atoms with Crippen LogP contribution in [0.5, 0.6) is 0 Å². The third-order valence-corrected chi connectivity index (χ3v) is 8.89. The molecule has 1 aliphatic rings. The Hall–Kier alpha value is -6.01. The van der Waals surface area contributed by atoms with E-state index in [0.29, 0.717) is 23.3 Å². The van der Waals surface area contributed by atoms with E-state index in [0.717, 1.165) is 57.1 Å². The molecule has 1 heterocycles. The van der Waals surface area contributed by atoms with Crippen molar-refractivity contribution in [3.63, 3.8) is 0 Å². The lowest BCUT2D eigenvalue weighted by Gasteiger charge is -2.16. The standard InChI is InChI=1S/C39H27F4N3O4S/c1-45(2)37(48)26-5-3-4-25(18-26)23-10-14-29(15-11-23)51-44-36(47)24-8-6-22(7-9-24)21-46-38(49)34(30-16-12-27(40)19-32(30)42)35(39(46)50)31-17-13-28(41)20-33(31)43/h3-20H,21H2,1-2H3,(H,44,47). The van der Waals surface area contributed by atoms with Crippen LogP contribution in [0, 0.1) is 23.3 Å². The first-order valence-corrected chi connectivity index (χ1v) is 16.2. The van der Waals surface area contributed by atoms with E-state index in [1.807, 2.05) is 42.5 Å². The largest absolute Gasteiger partial charge is 0.345 e. The van der Waals surface area contributed by atoms with E-state index >= 15 is 0 Å². The Balaban J connectivity index is 1.14. The number of halogens is 4. The lowest BCUT2D eigenvalue weighted by atomic mass is 9.95. The summed E-state index contributed by atoms with van der Waals surface area (Å²) < 4.78 is 59.9. The van der Waals surface area contributed by atoms with Crippen molar-refractivity contribution in [2.24, 2.45) is 0 Å². The lowest BCUT2D eigenvalue weighted by molar-refractivity contribution is -0.136. The van der Waals surface area contributed by atoms with Crippen molar-refractivity contribution >= 4 is 46.7 Å². The number of nitrogens with zero attached hydrogens (tertiary/aromatic N) is 2. The van der Waals surface area contributed by atoms with Crippen molar-refractivity contribution in [2.75, 3.05) is 14.1 Å². The van der Waals surface area contributed by atoms with Gasteiger partial charge in [-0.1, -0.05) is 36.4 Å². The molecule has 0 radical (unpaired) electrons. The monoisotopic (exact) mass is 709 g/mol. The summed E-state index contributed by atoms with van der Waals surface area (Å²) in [7, 11) is 3.38. The van der Waals surface area contributed by atoms with Gasteiger partial charge in [0.2, 0.25) is 0 Å². The molecule has 4 amide bonds. The second-order valence-corrected chi connectivity index (χ2v) is 12.6. The average molecular weight is 710 g/mol. The third-order valence-electron chi connectivity index (χ3n) is 8.09. The van der Waals surface area contributed by atoms with E-state index in [-0.39, 0.29) is 18.0 Å². The number of hydrogen-bond acceptors (Lipinski definition) is 5. The quantitative estimate of drug-likeness (QED) is 0.0972. The van der Waals surface area contributed by atoms with Gasteiger partial charge in [-0.15, -0.1) is 0 Å². The Morgan fingerprint density at radius 3 is 1.76 bits per heavy atom. The first-order valence-electron chi connectivity index (χ1n) is 15.4. The minimum absolute atomic E-state index is 0.102. The summed E-state index contributed by atoms with van der Waals surface area (Å²) in [5.74, 6) is -6.54. The molecule has 6 rings (SSSR count). The van der Waals surface area contributed by atoms with Crippen molar-refractivity contribution in [2.45, 2.75) is 11.4 Å². The zero-order chi connectivity index (χ0) is 36.4. The van der Waals surface area contributed by atoms with Crippen molar-refractivity contribution in [3.05, 3.63) is 160 Å². The van der Waals surface area contributed by atoms with E-state index in [1.54, 1.807) is 20.2 Å². The summed E-state index contributed by atoms with van der Waals surface area (Å²) in [4.78, 5) is 55.5. The molecule has 0 fully saturated rings. The van der Waals surface area contributed by atoms with Gasteiger partial charge >= 0.3 is 0 Å². The Morgan fingerprint density at radius 1 is 0.667 bits per heavy atom. The summed E-state index contributed by atoms with van der Waals surface area (Å²) >= 11 is 1.10. The fourth-order valence-electron chi connectivity index (χ4n) is 5.52. The maximum absolute atomic E-state index is 14.9. The Bertz CT molecular complexity index is 2170. The SMILES string of the molecule is CN(C)C(=O)c1cccc(-c2ccc(SNC(=O)c3ccc(CN4C(=O)C(c5ccc(F)cc5F)=C(c5ccc(F)cc5F)C4=O)cc3)cc2)c1. The molecule has 5 aromatic carbocycles. The molecule has 0 saturated carbocycles. The van der Waals surface area contributed by atoms with Gasteiger partial charge in [-0.25, -0.2) is 17.6 Å². The number of imide groups is 1. The Labute approximate surface area is 294 Å². The molecule has 7 nitrogen and oxygen atoms in total. The van der Waals surface area contributed by atoms with Gasteiger partial charge < -0.3 is 4.90 Å². The molecule has 0 unspecified atom stereocenters. The fourth-order valence-corrected chi connectivity index (χ4v) is 6.12. The molecule has 1 aliphatic heterocycles. The molecular formula is C39H27F4N3O4S. The molecule has 0 spiro atoms. The molecule has 0 bridgehead atoms. The highest BCUT2D eigenvalue weighted by Gasteiger charge is 2.41. The zero-order valence-electron chi connectivity index (χ0n) is 27.0. The van der Waals surface area contributed by atoms with Crippen molar-refractivity contribution < 1.29 is 36.7 Å². The van der Waals surface area contributed by atoms with Crippen LogP contribution in [0.3, 0.4) is 0 Å². The zero-order valence-corrected chi connectivity index (χ0v) is 27.9. The highest BCUT2D eigenvalue weighted by atomic mass is 32.2. The van der Waals surface area contributed by atoms with Crippen LogP contribution in [0.2, 0.25) is 0 Å². The minimum Gasteiger partial charge on any atom is -0.345 e. The van der Waals surface area contributed by atoms with E-state index in [9.17, 15) is 36.7 Å². The van der Waals surface area contributed by atoms with Crippen LogP contribution >= 0.6 is 11.9 Å². The van der Waals surface area contributed by atoms with Gasteiger partial charge in [0.05, 0.1) is 17.7 Å². The van der Waals surface area contributed by atoms with Crippen LogP contribution in [0.4, 0.5) is 17.6 Å². The van der Waals surface area contributed by atoms with Gasteiger partial charge in [-0.2, -0.15) is 0 Å².